The van der Waals surface area contributed by atoms with Crippen LogP contribution in [0.15, 0.2) is 18.5 Å². The van der Waals surface area contributed by atoms with E-state index in [9.17, 15) is 4.79 Å². The maximum absolute atomic E-state index is 12.8. The average molecular weight is 441 g/mol. The molecule has 0 aliphatic carbocycles. The van der Waals surface area contributed by atoms with Gasteiger partial charge in [0.15, 0.2) is 0 Å². The predicted molar refractivity (Wildman–Crippen MR) is 123 cm³/mol. The minimum absolute atomic E-state index is 0.117. The summed E-state index contributed by atoms with van der Waals surface area (Å²) in [5.74, 6) is 2.23. The molecule has 2 atom stereocenters. The number of aryl methyl sites for hydroxylation is 2. The fraction of sp³-hybridized carbons (Fsp3) is 0.435. The molecule has 164 valence electrons. The molecule has 0 spiro atoms. The van der Waals surface area contributed by atoms with E-state index in [1.54, 1.807) is 11.3 Å². The highest BCUT2D eigenvalue weighted by atomic mass is 32.1. The molecule has 3 heterocycles. The monoisotopic (exact) mass is 440 g/mol. The number of carbonyl (C=O) groups excluding carboxylic acids is 1. The number of aromatic nitrogens is 2. The van der Waals surface area contributed by atoms with E-state index in [4.69, 9.17) is 9.47 Å². The zero-order valence-corrected chi connectivity index (χ0v) is 19.4. The SMILES string of the molecule is CCOc1cc2c(cc1CNC(=O)[C@H](C)Nc1ncnc3sc(C)c(C)c13)O[C@@H](C)C2. The molecule has 0 unspecified atom stereocenters. The van der Waals surface area contributed by atoms with Crippen LogP contribution < -0.4 is 20.1 Å². The summed E-state index contributed by atoms with van der Waals surface area (Å²) in [7, 11) is 0. The number of hydrogen-bond acceptors (Lipinski definition) is 7. The molecule has 0 bridgehead atoms. The Hall–Kier alpha value is -2.87. The van der Waals surface area contributed by atoms with Gasteiger partial charge in [0.1, 0.15) is 40.6 Å². The largest absolute Gasteiger partial charge is 0.494 e. The summed E-state index contributed by atoms with van der Waals surface area (Å²) >= 11 is 1.63. The summed E-state index contributed by atoms with van der Waals surface area (Å²) in [6.07, 6.45) is 2.56. The summed E-state index contributed by atoms with van der Waals surface area (Å²) in [6.45, 7) is 10.9. The van der Waals surface area contributed by atoms with E-state index in [2.05, 4.69) is 41.4 Å². The topological polar surface area (TPSA) is 85.4 Å². The number of amides is 1. The molecule has 31 heavy (non-hydrogen) atoms. The number of hydrogen-bond donors (Lipinski definition) is 2. The molecule has 1 aromatic carbocycles. The number of benzene rings is 1. The molecule has 7 nitrogen and oxygen atoms in total. The van der Waals surface area contributed by atoms with Gasteiger partial charge in [-0.05, 0) is 52.3 Å². The minimum Gasteiger partial charge on any atom is -0.494 e. The molecule has 1 amide bonds. The Kier molecular flexibility index (Phi) is 6.00. The fourth-order valence-corrected chi connectivity index (χ4v) is 4.80. The van der Waals surface area contributed by atoms with E-state index in [0.717, 1.165) is 44.8 Å². The second-order valence-electron chi connectivity index (χ2n) is 7.90. The summed E-state index contributed by atoms with van der Waals surface area (Å²) < 4.78 is 11.7. The molecule has 3 aromatic rings. The molecule has 4 rings (SSSR count). The quantitative estimate of drug-likeness (QED) is 0.574. The van der Waals surface area contributed by atoms with Crippen LogP contribution >= 0.6 is 11.3 Å². The molecule has 1 aliphatic heterocycles. The Balaban J connectivity index is 1.46. The van der Waals surface area contributed by atoms with Crippen molar-refractivity contribution in [3.8, 4) is 11.5 Å². The lowest BCUT2D eigenvalue weighted by Gasteiger charge is -2.17. The highest BCUT2D eigenvalue weighted by Gasteiger charge is 2.23. The third-order valence-electron chi connectivity index (χ3n) is 5.54. The summed E-state index contributed by atoms with van der Waals surface area (Å²) in [4.78, 5) is 23.7. The van der Waals surface area contributed by atoms with Gasteiger partial charge in [0.25, 0.3) is 0 Å². The Morgan fingerprint density at radius 1 is 1.35 bits per heavy atom. The Morgan fingerprint density at radius 2 is 2.16 bits per heavy atom. The fourth-order valence-electron chi connectivity index (χ4n) is 3.81. The number of nitrogens with one attached hydrogen (secondary N) is 2. The third kappa shape index (κ3) is 4.30. The number of rotatable bonds is 7. The van der Waals surface area contributed by atoms with Crippen LogP contribution in [-0.4, -0.2) is 34.6 Å². The summed E-state index contributed by atoms with van der Waals surface area (Å²) in [5, 5.41) is 7.24. The summed E-state index contributed by atoms with van der Waals surface area (Å²) in [5.41, 5.74) is 3.20. The van der Waals surface area contributed by atoms with E-state index in [1.165, 1.54) is 11.2 Å². The number of anilines is 1. The zero-order chi connectivity index (χ0) is 22.1. The van der Waals surface area contributed by atoms with Crippen molar-refractivity contribution in [1.82, 2.24) is 15.3 Å². The minimum atomic E-state index is -0.459. The van der Waals surface area contributed by atoms with E-state index in [-0.39, 0.29) is 12.0 Å². The van der Waals surface area contributed by atoms with E-state index < -0.39 is 6.04 Å². The Bertz CT molecular complexity index is 1130. The van der Waals surface area contributed by atoms with Crippen molar-refractivity contribution < 1.29 is 14.3 Å². The first-order chi connectivity index (χ1) is 14.9. The van der Waals surface area contributed by atoms with Crippen LogP contribution in [0.25, 0.3) is 10.2 Å². The van der Waals surface area contributed by atoms with Gasteiger partial charge in [0, 0.05) is 29.0 Å². The van der Waals surface area contributed by atoms with Crippen molar-refractivity contribution in [2.45, 2.75) is 59.7 Å². The predicted octanol–water partition coefficient (Wildman–Crippen LogP) is 4.15. The molecular weight excluding hydrogens is 412 g/mol. The molecule has 0 saturated carbocycles. The molecule has 0 saturated heterocycles. The highest BCUT2D eigenvalue weighted by molar-refractivity contribution is 7.18. The van der Waals surface area contributed by atoms with E-state index in [0.29, 0.717) is 19.0 Å². The molecular formula is C23H28N4O3S. The molecule has 0 fully saturated rings. The lowest BCUT2D eigenvalue weighted by atomic mass is 10.1. The van der Waals surface area contributed by atoms with Gasteiger partial charge >= 0.3 is 0 Å². The van der Waals surface area contributed by atoms with Crippen LogP contribution in [0.1, 0.15) is 42.3 Å². The molecule has 0 radical (unpaired) electrons. The van der Waals surface area contributed by atoms with Crippen molar-refractivity contribution in [2.24, 2.45) is 0 Å². The van der Waals surface area contributed by atoms with Gasteiger partial charge in [0.05, 0.1) is 12.0 Å². The van der Waals surface area contributed by atoms with Crippen LogP contribution in [0.5, 0.6) is 11.5 Å². The van der Waals surface area contributed by atoms with Gasteiger partial charge in [-0.1, -0.05) is 0 Å². The van der Waals surface area contributed by atoms with Crippen LogP contribution in [0.2, 0.25) is 0 Å². The number of thiophene rings is 1. The van der Waals surface area contributed by atoms with Gasteiger partial charge in [-0.15, -0.1) is 11.3 Å². The van der Waals surface area contributed by atoms with Crippen LogP contribution in [0.4, 0.5) is 5.82 Å². The standard InChI is InChI=1S/C23H28N4O3S/c1-6-29-18-8-16-7-12(2)30-19(16)9-17(18)10-24-22(28)14(4)27-21-20-13(3)15(5)31-23(20)26-11-25-21/h8-9,11-12,14H,6-7,10H2,1-5H3,(H,24,28)(H,25,26,27)/t12-,14-/m0/s1. The number of nitrogens with zero attached hydrogens (tertiary/aromatic N) is 2. The van der Waals surface area contributed by atoms with Gasteiger partial charge < -0.3 is 20.1 Å². The van der Waals surface area contributed by atoms with Crippen LogP contribution in [-0.2, 0) is 17.8 Å². The average Bonchev–Trinajstić information content (AvgIpc) is 3.24. The van der Waals surface area contributed by atoms with Crippen molar-refractivity contribution in [3.05, 3.63) is 40.0 Å². The molecule has 2 N–H and O–H groups in total. The van der Waals surface area contributed by atoms with Crippen molar-refractivity contribution in [1.29, 1.82) is 0 Å². The number of carbonyl (C=O) groups is 1. The van der Waals surface area contributed by atoms with Gasteiger partial charge in [-0.3, -0.25) is 4.79 Å². The first-order valence-electron chi connectivity index (χ1n) is 10.6. The van der Waals surface area contributed by atoms with Gasteiger partial charge in [0.2, 0.25) is 5.91 Å². The van der Waals surface area contributed by atoms with Crippen molar-refractivity contribution in [3.63, 3.8) is 0 Å². The van der Waals surface area contributed by atoms with Gasteiger partial charge in [-0.2, -0.15) is 0 Å². The lowest BCUT2D eigenvalue weighted by molar-refractivity contribution is -0.121. The maximum atomic E-state index is 12.8. The second-order valence-corrected chi connectivity index (χ2v) is 9.11. The van der Waals surface area contributed by atoms with Crippen molar-refractivity contribution in [2.75, 3.05) is 11.9 Å². The lowest BCUT2D eigenvalue weighted by Crippen LogP contribution is -2.37. The zero-order valence-electron chi connectivity index (χ0n) is 18.5. The second kappa shape index (κ2) is 8.70. The van der Waals surface area contributed by atoms with Crippen molar-refractivity contribution >= 4 is 33.3 Å². The molecule has 1 aliphatic rings. The smallest absolute Gasteiger partial charge is 0.242 e. The van der Waals surface area contributed by atoms with Gasteiger partial charge in [-0.25, -0.2) is 9.97 Å². The van der Waals surface area contributed by atoms with E-state index >= 15 is 0 Å². The molecule has 8 heteroatoms. The summed E-state index contributed by atoms with van der Waals surface area (Å²) in [6, 6.07) is 3.55. The highest BCUT2D eigenvalue weighted by Crippen LogP contribution is 2.35. The number of ether oxygens (including phenoxy) is 2. The Labute approximate surface area is 186 Å². The van der Waals surface area contributed by atoms with Crippen LogP contribution in [0.3, 0.4) is 0 Å². The number of fused-ring (bicyclic) bond motifs is 2. The normalized spacial score (nSPS) is 16.0. The maximum Gasteiger partial charge on any atom is 0.242 e. The third-order valence-corrected chi connectivity index (χ3v) is 6.66. The molecule has 2 aromatic heterocycles. The van der Waals surface area contributed by atoms with Crippen LogP contribution in [0, 0.1) is 13.8 Å². The van der Waals surface area contributed by atoms with E-state index in [1.807, 2.05) is 26.0 Å². The first-order valence-corrected chi connectivity index (χ1v) is 11.4. The Morgan fingerprint density at radius 3 is 2.94 bits per heavy atom. The first kappa shape index (κ1) is 21.4.